The summed E-state index contributed by atoms with van der Waals surface area (Å²) in [6, 6.07) is 4.27. The van der Waals surface area contributed by atoms with Gasteiger partial charge in [0.15, 0.2) is 0 Å². The molecule has 0 N–H and O–H groups in total. The molecule has 1 aromatic carbocycles. The largest absolute Gasteiger partial charge is 0.469 e. The highest BCUT2D eigenvalue weighted by Crippen LogP contribution is 2.38. The lowest BCUT2D eigenvalue weighted by atomic mass is 9.99. The minimum atomic E-state index is -4.88. The Morgan fingerprint density at radius 1 is 1.25 bits per heavy atom. The molecule has 4 rings (SSSR count). The van der Waals surface area contributed by atoms with E-state index >= 15 is 0 Å². The quantitative estimate of drug-likeness (QED) is 0.435. The number of hydrogen-bond acceptors (Lipinski definition) is 5. The fraction of sp³-hybridized carbons (Fsp3) is 0.273. The van der Waals surface area contributed by atoms with Gasteiger partial charge in [-0.15, -0.1) is 0 Å². The predicted octanol–water partition coefficient (Wildman–Crippen LogP) is 4.58. The number of alkyl halides is 3. The number of carbonyl (C=O) groups is 1. The summed E-state index contributed by atoms with van der Waals surface area (Å²) in [7, 11) is 1.27. The molecule has 6 nitrogen and oxygen atoms in total. The third kappa shape index (κ3) is 3.88. The molecule has 3 heterocycles. The third-order valence-electron chi connectivity index (χ3n) is 5.22. The van der Waals surface area contributed by atoms with Crippen molar-refractivity contribution in [2.24, 2.45) is 4.99 Å². The molecule has 0 saturated carbocycles. The molecule has 0 unspecified atom stereocenters. The van der Waals surface area contributed by atoms with Gasteiger partial charge in [-0.1, -0.05) is 0 Å². The topological polar surface area (TPSA) is 69.4 Å². The monoisotopic (exact) mass is 446 g/mol. The van der Waals surface area contributed by atoms with E-state index in [0.29, 0.717) is 17.1 Å². The van der Waals surface area contributed by atoms with E-state index in [1.54, 1.807) is 25.3 Å². The molecule has 1 atom stereocenters. The average molecular weight is 446 g/mol. The van der Waals surface area contributed by atoms with Crippen LogP contribution in [0.4, 0.5) is 17.6 Å². The van der Waals surface area contributed by atoms with Gasteiger partial charge in [-0.05, 0) is 37.6 Å². The molecule has 0 amide bonds. The Bertz CT molecular complexity index is 1200. The SMILES string of the molecule is COC(=O)CC[C@@H]1N=C(c2cccnc2)c2cc(F)c(C(F)(F)F)cc2-n2c(C)cnc21. The van der Waals surface area contributed by atoms with Crippen molar-refractivity contribution in [3.8, 4) is 5.69 Å². The van der Waals surface area contributed by atoms with Crippen LogP contribution in [0.3, 0.4) is 0 Å². The maximum absolute atomic E-state index is 14.6. The maximum atomic E-state index is 14.6. The van der Waals surface area contributed by atoms with E-state index in [2.05, 4.69) is 9.97 Å². The summed E-state index contributed by atoms with van der Waals surface area (Å²) >= 11 is 0. The normalized spacial score (nSPS) is 15.4. The van der Waals surface area contributed by atoms with E-state index in [1.165, 1.54) is 24.1 Å². The number of hydrogen-bond donors (Lipinski definition) is 0. The van der Waals surface area contributed by atoms with Crippen molar-refractivity contribution in [2.75, 3.05) is 7.11 Å². The second-order valence-corrected chi connectivity index (χ2v) is 7.29. The van der Waals surface area contributed by atoms with Crippen LogP contribution in [0.15, 0.2) is 47.8 Å². The number of aromatic nitrogens is 3. The van der Waals surface area contributed by atoms with Crippen LogP contribution in [-0.2, 0) is 15.7 Å². The van der Waals surface area contributed by atoms with Crippen molar-refractivity contribution in [1.82, 2.24) is 14.5 Å². The number of pyridine rings is 1. The highest BCUT2D eigenvalue weighted by Gasteiger charge is 2.37. The molecule has 0 bridgehead atoms. The Morgan fingerprint density at radius 2 is 2.03 bits per heavy atom. The fourth-order valence-corrected chi connectivity index (χ4v) is 3.72. The standard InChI is InChI=1S/C22H18F4N4O2/c1-12-10-28-21-17(5-6-19(31)32-2)29-20(13-4-3-7-27-11-13)14-8-16(23)15(22(24,25)26)9-18(14)30(12)21/h3-4,7-11,17H,5-6H2,1-2H3/t17-/m0/s1. The van der Waals surface area contributed by atoms with Gasteiger partial charge in [-0.3, -0.25) is 19.3 Å². The number of ether oxygens (including phenoxy) is 1. The summed E-state index contributed by atoms with van der Waals surface area (Å²) in [6.07, 6.45) is -0.109. The fourth-order valence-electron chi connectivity index (χ4n) is 3.72. The number of aliphatic imine (C=N–C) groups is 1. The van der Waals surface area contributed by atoms with E-state index < -0.39 is 29.6 Å². The molecule has 0 fully saturated rings. The minimum absolute atomic E-state index is 0.0232. The zero-order valence-electron chi connectivity index (χ0n) is 17.2. The maximum Gasteiger partial charge on any atom is 0.419 e. The van der Waals surface area contributed by atoms with Crippen LogP contribution in [0.1, 0.15) is 47.1 Å². The van der Waals surface area contributed by atoms with Gasteiger partial charge in [0, 0.05) is 41.8 Å². The lowest BCUT2D eigenvalue weighted by molar-refractivity contribution is -0.141. The van der Waals surface area contributed by atoms with Gasteiger partial charge in [-0.25, -0.2) is 9.37 Å². The predicted molar refractivity (Wildman–Crippen MR) is 107 cm³/mol. The number of nitrogens with zero attached hydrogens (tertiary/aromatic N) is 4. The van der Waals surface area contributed by atoms with Crippen molar-refractivity contribution in [3.63, 3.8) is 0 Å². The molecular formula is C22H18F4N4O2. The number of halogens is 4. The van der Waals surface area contributed by atoms with Gasteiger partial charge < -0.3 is 4.74 Å². The number of benzene rings is 1. The first-order valence-electron chi connectivity index (χ1n) is 9.71. The number of methoxy groups -OCH3 is 1. The Hall–Kier alpha value is -3.56. The van der Waals surface area contributed by atoms with Crippen LogP contribution in [0.5, 0.6) is 0 Å². The zero-order valence-corrected chi connectivity index (χ0v) is 17.2. The second kappa shape index (κ2) is 8.18. The molecule has 1 aliphatic heterocycles. The first kappa shape index (κ1) is 21.7. The van der Waals surface area contributed by atoms with E-state index in [9.17, 15) is 22.4 Å². The average Bonchev–Trinajstić information content (AvgIpc) is 3.08. The van der Waals surface area contributed by atoms with E-state index in [-0.39, 0.29) is 29.8 Å². The van der Waals surface area contributed by atoms with Gasteiger partial charge in [0.25, 0.3) is 0 Å². The number of fused-ring (bicyclic) bond motifs is 3. The van der Waals surface area contributed by atoms with E-state index in [4.69, 9.17) is 9.73 Å². The smallest absolute Gasteiger partial charge is 0.419 e. The van der Waals surface area contributed by atoms with Crippen molar-refractivity contribution in [3.05, 3.63) is 76.9 Å². The van der Waals surface area contributed by atoms with E-state index in [1.807, 2.05) is 0 Å². The molecule has 0 radical (unpaired) electrons. The summed E-state index contributed by atoms with van der Waals surface area (Å²) < 4.78 is 61.4. The van der Waals surface area contributed by atoms with Gasteiger partial charge in [0.05, 0.1) is 24.1 Å². The molecule has 0 saturated heterocycles. The van der Waals surface area contributed by atoms with Crippen LogP contribution < -0.4 is 0 Å². The lowest BCUT2D eigenvalue weighted by Crippen LogP contribution is -2.14. The highest BCUT2D eigenvalue weighted by molar-refractivity contribution is 6.15. The number of carbonyl (C=O) groups excluding carboxylic acids is 1. The molecule has 2 aromatic heterocycles. The molecule has 0 aliphatic carbocycles. The van der Waals surface area contributed by atoms with Gasteiger partial charge in [0.2, 0.25) is 0 Å². The molecule has 32 heavy (non-hydrogen) atoms. The first-order valence-corrected chi connectivity index (χ1v) is 9.71. The van der Waals surface area contributed by atoms with E-state index in [0.717, 1.165) is 12.1 Å². The van der Waals surface area contributed by atoms with Gasteiger partial charge in [0.1, 0.15) is 17.7 Å². The second-order valence-electron chi connectivity index (χ2n) is 7.29. The van der Waals surface area contributed by atoms with Crippen LogP contribution in [-0.4, -0.2) is 33.3 Å². The molecular weight excluding hydrogens is 428 g/mol. The molecule has 10 heteroatoms. The summed E-state index contributed by atoms with van der Waals surface area (Å²) in [5.74, 6) is -1.50. The van der Waals surface area contributed by atoms with Crippen molar-refractivity contribution >= 4 is 11.7 Å². The summed E-state index contributed by atoms with van der Waals surface area (Å²) in [6.45, 7) is 1.68. The van der Waals surface area contributed by atoms with Crippen LogP contribution >= 0.6 is 0 Å². The van der Waals surface area contributed by atoms with Crippen molar-refractivity contribution in [1.29, 1.82) is 0 Å². The minimum Gasteiger partial charge on any atom is -0.469 e. The number of rotatable bonds is 4. The van der Waals surface area contributed by atoms with Gasteiger partial charge >= 0.3 is 12.1 Å². The number of aryl methyl sites for hydroxylation is 1. The van der Waals surface area contributed by atoms with Crippen LogP contribution in [0, 0.1) is 12.7 Å². The lowest BCUT2D eigenvalue weighted by Gasteiger charge is -2.17. The third-order valence-corrected chi connectivity index (χ3v) is 5.22. The van der Waals surface area contributed by atoms with Crippen molar-refractivity contribution < 1.29 is 27.1 Å². The summed E-state index contributed by atoms with van der Waals surface area (Å²) in [5.41, 5.74) is 0.207. The highest BCUT2D eigenvalue weighted by atomic mass is 19.4. The Labute approximate surface area is 180 Å². The summed E-state index contributed by atoms with van der Waals surface area (Å²) in [4.78, 5) is 24.9. The molecule has 166 valence electrons. The van der Waals surface area contributed by atoms with Gasteiger partial charge in [-0.2, -0.15) is 13.2 Å². The van der Waals surface area contributed by atoms with Crippen LogP contribution in [0.25, 0.3) is 5.69 Å². The number of imidazole rings is 1. The summed E-state index contributed by atoms with van der Waals surface area (Å²) in [5, 5.41) is 0. The Kier molecular flexibility index (Phi) is 5.53. The molecule has 1 aliphatic rings. The Balaban J connectivity index is 1.99. The molecule has 3 aromatic rings. The van der Waals surface area contributed by atoms with Crippen molar-refractivity contribution in [2.45, 2.75) is 32.0 Å². The zero-order chi connectivity index (χ0) is 23.0. The molecule has 0 spiro atoms. The Morgan fingerprint density at radius 3 is 2.69 bits per heavy atom. The number of esters is 1. The van der Waals surface area contributed by atoms with Crippen LogP contribution in [0.2, 0.25) is 0 Å². The first-order chi connectivity index (χ1) is 15.2.